The summed E-state index contributed by atoms with van der Waals surface area (Å²) < 4.78 is 7.91. The van der Waals surface area contributed by atoms with Gasteiger partial charge >= 0.3 is 0 Å². The molecule has 0 spiro atoms. The fraction of sp³-hybridized carbons (Fsp3) is 0.250. The molecule has 0 saturated carbocycles. The Labute approximate surface area is 173 Å². The number of hydrogen-bond donors (Lipinski definition) is 1. The number of carbonyl (C=O) groups is 1. The second-order valence-electron chi connectivity index (χ2n) is 6.01. The first-order valence-corrected chi connectivity index (χ1v) is 10.3. The van der Waals surface area contributed by atoms with Crippen LogP contribution in [0, 0.1) is 0 Å². The van der Waals surface area contributed by atoms with Crippen LogP contribution < -0.4 is 10.1 Å². The summed E-state index contributed by atoms with van der Waals surface area (Å²) in [6, 6.07) is 16.6. The number of thioether (sulfide) groups is 1. The van der Waals surface area contributed by atoms with E-state index in [0.29, 0.717) is 22.4 Å². The number of rotatable bonds is 8. The Hall–Kier alpha value is -2.51. The minimum atomic E-state index is -0.260. The normalized spacial score (nSPS) is 11.8. The third-order valence-corrected chi connectivity index (χ3v) is 5.12. The molecule has 1 N–H and O–H groups in total. The summed E-state index contributed by atoms with van der Waals surface area (Å²) in [5.41, 5.74) is 0.667. The quantitative estimate of drug-likeness (QED) is 0.533. The number of anilines is 1. The molecule has 28 heavy (non-hydrogen) atoms. The molecule has 0 fully saturated rings. The van der Waals surface area contributed by atoms with Gasteiger partial charge in [0, 0.05) is 17.3 Å². The smallest absolute Gasteiger partial charge is 0.234 e. The lowest BCUT2D eigenvalue weighted by molar-refractivity contribution is -0.113. The van der Waals surface area contributed by atoms with Crippen LogP contribution >= 0.6 is 23.4 Å². The molecule has 0 radical (unpaired) electrons. The minimum absolute atomic E-state index is 0.131. The Kier molecular flexibility index (Phi) is 6.95. The van der Waals surface area contributed by atoms with Gasteiger partial charge in [0.05, 0.1) is 5.75 Å². The molecule has 1 atom stereocenters. The van der Waals surface area contributed by atoms with Crippen LogP contribution in [-0.4, -0.2) is 26.4 Å². The highest BCUT2D eigenvalue weighted by molar-refractivity contribution is 7.99. The van der Waals surface area contributed by atoms with E-state index in [4.69, 9.17) is 16.3 Å². The molecule has 0 aliphatic carbocycles. The maximum absolute atomic E-state index is 12.2. The van der Waals surface area contributed by atoms with Crippen LogP contribution in [0.25, 0.3) is 0 Å². The van der Waals surface area contributed by atoms with Gasteiger partial charge in [-0.2, -0.15) is 0 Å². The van der Waals surface area contributed by atoms with Gasteiger partial charge in [0.1, 0.15) is 5.75 Å². The van der Waals surface area contributed by atoms with Crippen molar-refractivity contribution in [2.45, 2.75) is 31.7 Å². The summed E-state index contributed by atoms with van der Waals surface area (Å²) in [5.74, 6) is 1.59. The fourth-order valence-electron chi connectivity index (χ4n) is 2.65. The van der Waals surface area contributed by atoms with E-state index in [1.807, 2.05) is 48.7 Å². The molecule has 0 bridgehead atoms. The van der Waals surface area contributed by atoms with Crippen LogP contribution in [0.5, 0.6) is 5.75 Å². The highest BCUT2D eigenvalue weighted by atomic mass is 35.5. The van der Waals surface area contributed by atoms with Gasteiger partial charge < -0.3 is 14.6 Å². The first-order valence-electron chi connectivity index (χ1n) is 8.90. The van der Waals surface area contributed by atoms with E-state index in [1.165, 1.54) is 11.8 Å². The predicted octanol–water partition coefficient (Wildman–Crippen LogP) is 4.82. The Bertz CT molecular complexity index is 933. The largest absolute Gasteiger partial charge is 0.483 e. The Morgan fingerprint density at radius 3 is 2.71 bits per heavy atom. The van der Waals surface area contributed by atoms with Gasteiger partial charge in [-0.05, 0) is 44.2 Å². The number of hydrogen-bond acceptors (Lipinski definition) is 5. The zero-order valence-electron chi connectivity index (χ0n) is 15.6. The minimum Gasteiger partial charge on any atom is -0.483 e. The summed E-state index contributed by atoms with van der Waals surface area (Å²) in [7, 11) is 0. The van der Waals surface area contributed by atoms with Crippen LogP contribution in [0.2, 0.25) is 5.02 Å². The van der Waals surface area contributed by atoms with Gasteiger partial charge in [0.2, 0.25) is 5.91 Å². The molecule has 146 valence electrons. The highest BCUT2D eigenvalue weighted by Crippen LogP contribution is 2.24. The predicted molar refractivity (Wildman–Crippen MR) is 112 cm³/mol. The second-order valence-corrected chi connectivity index (χ2v) is 7.38. The molecular formula is C20H21ClN4O2S. The van der Waals surface area contributed by atoms with Gasteiger partial charge in [-0.3, -0.25) is 4.79 Å². The van der Waals surface area contributed by atoms with E-state index in [1.54, 1.807) is 24.3 Å². The van der Waals surface area contributed by atoms with Crippen LogP contribution in [0.15, 0.2) is 59.8 Å². The van der Waals surface area contributed by atoms with Gasteiger partial charge in [-0.15, -0.1) is 10.2 Å². The third kappa shape index (κ3) is 5.27. The van der Waals surface area contributed by atoms with E-state index < -0.39 is 0 Å². The van der Waals surface area contributed by atoms with Crippen molar-refractivity contribution in [2.75, 3.05) is 11.1 Å². The number of aromatic nitrogens is 3. The van der Waals surface area contributed by atoms with E-state index in [9.17, 15) is 4.79 Å². The Morgan fingerprint density at radius 2 is 2.00 bits per heavy atom. The maximum Gasteiger partial charge on any atom is 0.234 e. The van der Waals surface area contributed by atoms with Crippen molar-refractivity contribution in [1.29, 1.82) is 0 Å². The van der Waals surface area contributed by atoms with Gasteiger partial charge in [-0.1, -0.05) is 47.6 Å². The molecule has 0 aliphatic heterocycles. The van der Waals surface area contributed by atoms with Gasteiger partial charge in [-0.25, -0.2) is 0 Å². The number of halogens is 1. The molecule has 1 aromatic heterocycles. The zero-order valence-corrected chi connectivity index (χ0v) is 17.2. The number of para-hydroxylation sites is 1. The van der Waals surface area contributed by atoms with Crippen molar-refractivity contribution in [3.8, 4) is 5.75 Å². The Morgan fingerprint density at radius 1 is 1.21 bits per heavy atom. The molecule has 1 heterocycles. The molecule has 6 nitrogen and oxygen atoms in total. The highest BCUT2D eigenvalue weighted by Gasteiger charge is 2.19. The molecular weight excluding hydrogens is 396 g/mol. The van der Waals surface area contributed by atoms with Crippen LogP contribution in [-0.2, 0) is 11.3 Å². The van der Waals surface area contributed by atoms with Crippen molar-refractivity contribution in [2.24, 2.45) is 0 Å². The number of carbonyl (C=O) groups excluding carboxylic acids is 1. The molecule has 3 aromatic rings. The number of amides is 1. The number of nitrogens with zero attached hydrogens (tertiary/aromatic N) is 3. The summed E-state index contributed by atoms with van der Waals surface area (Å²) >= 11 is 7.28. The fourth-order valence-corrected chi connectivity index (χ4v) is 3.65. The lowest BCUT2D eigenvalue weighted by atomic mass is 10.3. The molecule has 8 heteroatoms. The molecule has 0 aliphatic rings. The average Bonchev–Trinajstić information content (AvgIpc) is 3.10. The average molecular weight is 417 g/mol. The summed E-state index contributed by atoms with van der Waals surface area (Å²) in [4.78, 5) is 12.2. The molecule has 1 amide bonds. The van der Waals surface area contributed by atoms with Crippen LogP contribution in [0.3, 0.4) is 0 Å². The third-order valence-electron chi connectivity index (χ3n) is 3.92. The topological polar surface area (TPSA) is 69.0 Å². The molecule has 2 aromatic carbocycles. The molecule has 0 saturated heterocycles. The number of benzene rings is 2. The van der Waals surface area contributed by atoms with Crippen molar-refractivity contribution < 1.29 is 9.53 Å². The van der Waals surface area contributed by atoms with Gasteiger partial charge in [0.15, 0.2) is 17.1 Å². The summed E-state index contributed by atoms with van der Waals surface area (Å²) in [5, 5.41) is 12.6. The van der Waals surface area contributed by atoms with Crippen molar-refractivity contribution in [3.05, 3.63) is 65.4 Å². The molecule has 3 rings (SSSR count). The van der Waals surface area contributed by atoms with Crippen molar-refractivity contribution >= 4 is 35.0 Å². The van der Waals surface area contributed by atoms with E-state index >= 15 is 0 Å². The SMILES string of the molecule is CCn1c(SCC(=O)Nc2cccc(Cl)c2)nnc1[C@H](C)Oc1ccccc1. The molecule has 0 unspecified atom stereocenters. The first-order chi connectivity index (χ1) is 13.6. The number of ether oxygens (including phenoxy) is 1. The number of nitrogens with one attached hydrogen (secondary N) is 1. The first kappa shape index (κ1) is 20.2. The summed E-state index contributed by atoms with van der Waals surface area (Å²) in [6.07, 6.45) is -0.260. The van der Waals surface area contributed by atoms with Crippen molar-refractivity contribution in [1.82, 2.24) is 14.8 Å². The monoisotopic (exact) mass is 416 g/mol. The van der Waals surface area contributed by atoms with Crippen molar-refractivity contribution in [3.63, 3.8) is 0 Å². The standard InChI is InChI=1S/C20H21ClN4O2S/c1-3-25-19(14(2)27-17-10-5-4-6-11-17)23-24-20(25)28-13-18(26)22-16-9-7-8-15(21)12-16/h4-12,14H,3,13H2,1-2H3,(H,22,26)/t14-/m0/s1. The van der Waals surface area contributed by atoms with Gasteiger partial charge in [0.25, 0.3) is 0 Å². The van der Waals surface area contributed by atoms with Crippen LogP contribution in [0.4, 0.5) is 5.69 Å². The Balaban J connectivity index is 1.62. The zero-order chi connectivity index (χ0) is 19.9. The van der Waals surface area contributed by atoms with E-state index in [-0.39, 0.29) is 17.8 Å². The van der Waals surface area contributed by atoms with E-state index in [2.05, 4.69) is 15.5 Å². The maximum atomic E-state index is 12.2. The van der Waals surface area contributed by atoms with E-state index in [0.717, 1.165) is 11.6 Å². The summed E-state index contributed by atoms with van der Waals surface area (Å²) in [6.45, 7) is 4.63. The lowest BCUT2D eigenvalue weighted by Gasteiger charge is -2.15. The second kappa shape index (κ2) is 9.61. The van der Waals surface area contributed by atoms with Crippen LogP contribution in [0.1, 0.15) is 25.8 Å². The lowest BCUT2D eigenvalue weighted by Crippen LogP contribution is -2.15.